The van der Waals surface area contributed by atoms with Gasteiger partial charge in [0.1, 0.15) is 60.7 Å². The van der Waals surface area contributed by atoms with Gasteiger partial charge in [-0.15, -0.1) is 0 Å². The Morgan fingerprint density at radius 1 is 0.667 bits per heavy atom. The molecule has 21 heteroatoms. The number of H-pyrrole nitrogens is 1. The summed E-state index contributed by atoms with van der Waals surface area (Å²) in [6.07, 6.45) is -7.79. The van der Waals surface area contributed by atoms with Crippen molar-refractivity contribution in [3.8, 4) is 0 Å². The second kappa shape index (κ2) is 20.9. The van der Waals surface area contributed by atoms with E-state index in [1.807, 2.05) is 18.2 Å². The summed E-state index contributed by atoms with van der Waals surface area (Å²) in [5.41, 5.74) is 2.00. The first kappa shape index (κ1) is 46.5. The van der Waals surface area contributed by atoms with Crippen LogP contribution in [0.2, 0.25) is 0 Å². The van der Waals surface area contributed by atoms with E-state index in [4.69, 9.17) is 9.47 Å². The number of carbonyl (C=O) groups excluding carboxylic acids is 7. The first-order chi connectivity index (χ1) is 30.1. The first-order valence-corrected chi connectivity index (χ1v) is 20.7. The second-order valence-corrected chi connectivity index (χ2v) is 16.3. The Labute approximate surface area is 361 Å². The van der Waals surface area contributed by atoms with Gasteiger partial charge in [-0.05, 0) is 29.5 Å². The number of aliphatic hydroxyl groups excluding tert-OH is 4. The Bertz CT molecular complexity index is 2130. The Balaban J connectivity index is 1.39. The van der Waals surface area contributed by atoms with Crippen LogP contribution in [0.5, 0.6) is 0 Å². The number of rotatable bonds is 10. The van der Waals surface area contributed by atoms with Crippen LogP contribution in [0.4, 0.5) is 0 Å². The third-order valence-corrected chi connectivity index (χ3v) is 11.1. The van der Waals surface area contributed by atoms with Crippen LogP contribution < -0.4 is 37.2 Å². The highest BCUT2D eigenvalue weighted by molar-refractivity contribution is 6.00. The molecular weight excluding hydrogens is 825 g/mol. The molecule has 0 saturated carbocycles. The third kappa shape index (κ3) is 11.7. The van der Waals surface area contributed by atoms with Crippen LogP contribution in [0.1, 0.15) is 37.8 Å². The molecule has 3 saturated heterocycles. The van der Waals surface area contributed by atoms with Gasteiger partial charge in [-0.1, -0.05) is 62.4 Å². The van der Waals surface area contributed by atoms with Gasteiger partial charge < -0.3 is 72.1 Å². The Kier molecular flexibility index (Phi) is 15.5. The van der Waals surface area contributed by atoms with E-state index < -0.39 is 134 Å². The fourth-order valence-corrected chi connectivity index (χ4v) is 7.60. The molecule has 0 spiro atoms. The van der Waals surface area contributed by atoms with Crippen LogP contribution >= 0.6 is 0 Å². The number of ether oxygens (including phenoxy) is 2. The van der Waals surface area contributed by atoms with Gasteiger partial charge in [0.15, 0.2) is 6.29 Å². The fraction of sp³-hybridized carbons (Fsp3) is 0.500. The average molecular weight is 879 g/mol. The molecule has 3 aliphatic rings. The molecule has 0 aliphatic carbocycles. The van der Waals surface area contributed by atoms with Crippen molar-refractivity contribution in [1.29, 1.82) is 0 Å². The van der Waals surface area contributed by atoms with Crippen LogP contribution in [-0.4, -0.2) is 153 Å². The van der Waals surface area contributed by atoms with Crippen molar-refractivity contribution in [3.05, 3.63) is 71.9 Å². The molecule has 6 rings (SSSR count). The van der Waals surface area contributed by atoms with Crippen molar-refractivity contribution in [3.63, 3.8) is 0 Å². The van der Waals surface area contributed by atoms with E-state index in [0.29, 0.717) is 11.1 Å². The standard InChI is InChI=1S/C42H54N8O13/c1-20(2)12-25-36(56)49-29-17-44-32(52)15-28(39(59)50-30(41(61)45-25)19-62-42-35(55)34(54)33(53)31(18-51)63-42)48-38(58)27(14-22-16-43-24-11-7-6-10-23(22)24)47-37(57)26(46-40(29)60)13-21-8-4-3-5-9-21/h3-11,16,20,25-31,33-35,42-43,51,53-55H,12-15,17-19H2,1-2H3,(H,44,52)(H,45,61)(H,46,60)(H,47,57)(H,48,58)(H,49,56)(H,50,59)/t25-,26-,27-,28-,29-,30-,31+,33-,34+,35+,42+/m0/s1. The smallest absolute Gasteiger partial charge is 0.245 e. The minimum atomic E-state index is -1.88. The highest BCUT2D eigenvalue weighted by Crippen LogP contribution is 2.23. The molecule has 2 aromatic carbocycles. The van der Waals surface area contributed by atoms with Gasteiger partial charge in [0.25, 0.3) is 0 Å². The van der Waals surface area contributed by atoms with Crippen molar-refractivity contribution in [2.24, 2.45) is 5.92 Å². The average Bonchev–Trinajstić information content (AvgIpc) is 3.67. The molecule has 3 aromatic rings. The molecule has 340 valence electrons. The summed E-state index contributed by atoms with van der Waals surface area (Å²) < 4.78 is 11.1. The summed E-state index contributed by atoms with van der Waals surface area (Å²) in [5, 5.41) is 59.8. The van der Waals surface area contributed by atoms with Gasteiger partial charge >= 0.3 is 0 Å². The first-order valence-electron chi connectivity index (χ1n) is 20.7. The Morgan fingerprint density at radius 3 is 1.98 bits per heavy atom. The van der Waals surface area contributed by atoms with E-state index in [1.54, 1.807) is 56.4 Å². The van der Waals surface area contributed by atoms with Crippen molar-refractivity contribution < 1.29 is 63.5 Å². The number of hydrogen-bond donors (Lipinski definition) is 12. The third-order valence-electron chi connectivity index (χ3n) is 11.1. The number of aliphatic hydroxyl groups is 4. The SMILES string of the molecule is CC(C)C[C@@H]1NC(=O)[C@H](CO[C@@H]2O[C@H](CO)[C@H](O)[C@@H](O)[C@H]2O)NC(=O)[C@@H]2CC(=O)NC[C@H](NC1=O)C(=O)N[C@@H](Cc1ccccc1)C(=O)N[C@@H](Cc1c[nH]c3ccccc13)C(=O)N2. The van der Waals surface area contributed by atoms with Crippen molar-refractivity contribution in [2.45, 2.75) is 106 Å². The normalized spacial score (nSPS) is 30.4. The molecule has 3 fully saturated rings. The second-order valence-electron chi connectivity index (χ2n) is 16.3. The quantitative estimate of drug-likeness (QED) is 0.0934. The number of hydrogen-bond acceptors (Lipinski definition) is 13. The number of carbonyl (C=O) groups is 7. The molecule has 11 atom stereocenters. The molecule has 1 aromatic heterocycles. The number of amides is 7. The van der Waals surface area contributed by atoms with Crippen LogP contribution in [0.3, 0.4) is 0 Å². The molecule has 21 nitrogen and oxygen atoms in total. The number of fused-ring (bicyclic) bond motifs is 6. The summed E-state index contributed by atoms with van der Waals surface area (Å²) in [4.78, 5) is 102. The number of benzene rings is 2. The van der Waals surface area contributed by atoms with Crippen molar-refractivity contribution in [1.82, 2.24) is 42.2 Å². The van der Waals surface area contributed by atoms with E-state index in [9.17, 15) is 54.0 Å². The minimum Gasteiger partial charge on any atom is -0.394 e. The zero-order valence-electron chi connectivity index (χ0n) is 34.6. The zero-order valence-corrected chi connectivity index (χ0v) is 34.6. The molecule has 63 heavy (non-hydrogen) atoms. The molecule has 0 unspecified atom stereocenters. The zero-order chi connectivity index (χ0) is 45.4. The van der Waals surface area contributed by atoms with E-state index >= 15 is 0 Å². The lowest BCUT2D eigenvalue weighted by Crippen LogP contribution is -2.65. The molecule has 12 N–H and O–H groups in total. The predicted molar refractivity (Wildman–Crippen MR) is 221 cm³/mol. The molecule has 2 bridgehead atoms. The Hall–Kier alpha value is -5.97. The highest BCUT2D eigenvalue weighted by atomic mass is 16.7. The highest BCUT2D eigenvalue weighted by Gasteiger charge is 2.45. The summed E-state index contributed by atoms with van der Waals surface area (Å²) in [5.74, 6) is -6.55. The molecule has 4 heterocycles. The number of aromatic amines is 1. The maximum atomic E-state index is 14.4. The monoisotopic (exact) mass is 878 g/mol. The minimum absolute atomic E-state index is 0.0159. The maximum absolute atomic E-state index is 14.4. The lowest BCUT2D eigenvalue weighted by molar-refractivity contribution is -0.301. The lowest BCUT2D eigenvalue weighted by Gasteiger charge is -2.40. The lowest BCUT2D eigenvalue weighted by atomic mass is 9.99. The number of aromatic nitrogens is 1. The van der Waals surface area contributed by atoms with Gasteiger partial charge in [0.05, 0.1) is 19.6 Å². The van der Waals surface area contributed by atoms with E-state index in [1.165, 1.54) is 0 Å². The van der Waals surface area contributed by atoms with Crippen LogP contribution in [0.15, 0.2) is 60.8 Å². The molecular formula is C42H54N8O13. The van der Waals surface area contributed by atoms with Crippen molar-refractivity contribution in [2.75, 3.05) is 19.8 Å². The van der Waals surface area contributed by atoms with E-state index in [-0.39, 0.29) is 25.2 Å². The van der Waals surface area contributed by atoms with Gasteiger partial charge in [-0.2, -0.15) is 0 Å². The maximum Gasteiger partial charge on any atom is 0.245 e. The van der Waals surface area contributed by atoms with Gasteiger partial charge in [0, 0.05) is 36.5 Å². The number of para-hydroxylation sites is 1. The predicted octanol–water partition coefficient (Wildman–Crippen LogP) is -3.74. The van der Waals surface area contributed by atoms with Gasteiger partial charge in [-0.3, -0.25) is 33.6 Å². The molecule has 0 radical (unpaired) electrons. The largest absolute Gasteiger partial charge is 0.394 e. The van der Waals surface area contributed by atoms with Crippen LogP contribution in [-0.2, 0) is 55.9 Å². The summed E-state index contributed by atoms with van der Waals surface area (Å²) in [7, 11) is 0. The molecule has 3 aliphatic heterocycles. The summed E-state index contributed by atoms with van der Waals surface area (Å²) in [6.45, 7) is 1.42. The van der Waals surface area contributed by atoms with Crippen LogP contribution in [0, 0.1) is 5.92 Å². The van der Waals surface area contributed by atoms with Crippen LogP contribution in [0.25, 0.3) is 10.9 Å². The summed E-state index contributed by atoms with van der Waals surface area (Å²) >= 11 is 0. The van der Waals surface area contributed by atoms with E-state index in [0.717, 1.165) is 10.9 Å². The number of nitrogens with one attached hydrogen (secondary N) is 8. The van der Waals surface area contributed by atoms with Gasteiger partial charge in [-0.25, -0.2) is 0 Å². The fourth-order valence-electron chi connectivity index (χ4n) is 7.60. The summed E-state index contributed by atoms with van der Waals surface area (Å²) in [6, 6.07) is 6.92. The van der Waals surface area contributed by atoms with E-state index in [2.05, 4.69) is 42.2 Å². The topological polar surface area (TPSA) is 319 Å². The Morgan fingerprint density at radius 2 is 1.25 bits per heavy atom. The van der Waals surface area contributed by atoms with Gasteiger partial charge in [0.2, 0.25) is 41.4 Å². The van der Waals surface area contributed by atoms with Crippen molar-refractivity contribution >= 4 is 52.3 Å². The molecule has 7 amide bonds.